The molecule has 0 N–H and O–H groups in total. The number of allylic oxidation sites excluding steroid dienone is 5. The van der Waals surface area contributed by atoms with Crippen LogP contribution in [-0.4, -0.2) is 0 Å². The van der Waals surface area contributed by atoms with E-state index in [1.54, 1.807) is 0 Å². The molecule has 0 aliphatic rings. The Morgan fingerprint density at radius 2 is 2.09 bits per heavy atom. The maximum atomic E-state index is 3.69. The zero-order chi connectivity index (χ0) is 8.53. The molecule has 0 spiro atoms. The van der Waals surface area contributed by atoms with E-state index in [0.717, 1.165) is 19.3 Å². The van der Waals surface area contributed by atoms with Crippen LogP contribution in [0.5, 0.6) is 0 Å². The Morgan fingerprint density at radius 3 is 2.64 bits per heavy atom. The first-order chi connectivity index (χ1) is 5.31. The van der Waals surface area contributed by atoms with Crippen molar-refractivity contribution in [3.05, 3.63) is 36.5 Å². The molecule has 0 fully saturated rings. The quantitative estimate of drug-likeness (QED) is 0.412. The minimum absolute atomic E-state index is 1.02. The van der Waals surface area contributed by atoms with Gasteiger partial charge in [0.25, 0.3) is 0 Å². The highest BCUT2D eigenvalue weighted by atomic mass is 13.9. The van der Waals surface area contributed by atoms with Crippen LogP contribution in [0.25, 0.3) is 0 Å². The van der Waals surface area contributed by atoms with Gasteiger partial charge in [-0.15, -0.1) is 6.58 Å². The summed E-state index contributed by atoms with van der Waals surface area (Å²) in [4.78, 5) is 0. The van der Waals surface area contributed by atoms with Crippen molar-refractivity contribution < 1.29 is 0 Å². The van der Waals surface area contributed by atoms with Crippen LogP contribution in [0, 0.1) is 0 Å². The standard InChI is InChI=1S/C11H18/c1-4-6-7-8-10-11(3)9-5-2/h4-6,10H,2,7-9H2,1,3H3. The van der Waals surface area contributed by atoms with Crippen molar-refractivity contribution in [1.29, 1.82) is 0 Å². The lowest BCUT2D eigenvalue weighted by Crippen LogP contribution is -1.72. The number of hydrogen-bond donors (Lipinski definition) is 0. The van der Waals surface area contributed by atoms with E-state index in [0.29, 0.717) is 0 Å². The Bertz CT molecular complexity index is 149. The molecular formula is C11H18. The van der Waals surface area contributed by atoms with E-state index in [-0.39, 0.29) is 0 Å². The highest BCUT2D eigenvalue weighted by Gasteiger charge is 1.83. The van der Waals surface area contributed by atoms with Gasteiger partial charge in [-0.3, -0.25) is 0 Å². The van der Waals surface area contributed by atoms with Crippen LogP contribution in [0.3, 0.4) is 0 Å². The molecule has 0 saturated heterocycles. The molecule has 0 rings (SSSR count). The molecule has 0 saturated carbocycles. The molecule has 0 aliphatic heterocycles. The third kappa shape index (κ3) is 7.11. The highest BCUT2D eigenvalue weighted by molar-refractivity contribution is 5.03. The molecule has 0 aliphatic carbocycles. The Hall–Kier alpha value is -0.780. The molecule has 0 radical (unpaired) electrons. The van der Waals surface area contributed by atoms with Gasteiger partial charge in [-0.25, -0.2) is 0 Å². The van der Waals surface area contributed by atoms with Crippen LogP contribution in [0.2, 0.25) is 0 Å². The Morgan fingerprint density at radius 1 is 1.36 bits per heavy atom. The van der Waals surface area contributed by atoms with E-state index >= 15 is 0 Å². The van der Waals surface area contributed by atoms with Crippen molar-refractivity contribution in [2.24, 2.45) is 0 Å². The molecule has 0 bridgehead atoms. The molecule has 0 heteroatoms. The molecular weight excluding hydrogens is 132 g/mol. The summed E-state index contributed by atoms with van der Waals surface area (Å²) in [6.07, 6.45) is 11.8. The van der Waals surface area contributed by atoms with E-state index < -0.39 is 0 Å². The second kappa shape index (κ2) is 7.33. The van der Waals surface area contributed by atoms with E-state index in [1.165, 1.54) is 5.57 Å². The first-order valence-electron chi connectivity index (χ1n) is 4.19. The average molecular weight is 150 g/mol. The van der Waals surface area contributed by atoms with Gasteiger partial charge in [0.15, 0.2) is 0 Å². The van der Waals surface area contributed by atoms with Crippen LogP contribution in [0.4, 0.5) is 0 Å². The Kier molecular flexibility index (Phi) is 6.81. The fourth-order valence-electron chi connectivity index (χ4n) is 0.904. The van der Waals surface area contributed by atoms with Gasteiger partial charge in [0, 0.05) is 0 Å². The van der Waals surface area contributed by atoms with Crippen molar-refractivity contribution in [2.75, 3.05) is 0 Å². The average Bonchev–Trinajstić information content (AvgIpc) is 1.99. The summed E-state index contributed by atoms with van der Waals surface area (Å²) in [5.74, 6) is 0. The monoisotopic (exact) mass is 150 g/mol. The molecule has 0 atom stereocenters. The van der Waals surface area contributed by atoms with Crippen molar-refractivity contribution in [3.63, 3.8) is 0 Å². The van der Waals surface area contributed by atoms with Crippen molar-refractivity contribution in [1.82, 2.24) is 0 Å². The number of rotatable bonds is 5. The maximum Gasteiger partial charge on any atom is -0.0144 e. The van der Waals surface area contributed by atoms with Crippen molar-refractivity contribution in [2.45, 2.75) is 33.1 Å². The lowest BCUT2D eigenvalue weighted by molar-refractivity contribution is 1.02. The van der Waals surface area contributed by atoms with Crippen LogP contribution >= 0.6 is 0 Å². The molecule has 11 heavy (non-hydrogen) atoms. The molecule has 0 aromatic heterocycles. The first kappa shape index (κ1) is 10.2. The van der Waals surface area contributed by atoms with Crippen molar-refractivity contribution in [3.8, 4) is 0 Å². The molecule has 0 unspecified atom stereocenters. The molecule has 0 nitrogen and oxygen atoms in total. The number of unbranched alkanes of at least 4 members (excludes halogenated alkanes) is 1. The van der Waals surface area contributed by atoms with E-state index in [2.05, 4.69) is 38.7 Å². The Labute approximate surface area is 70.3 Å². The summed E-state index contributed by atoms with van der Waals surface area (Å²) in [7, 11) is 0. The van der Waals surface area contributed by atoms with Crippen LogP contribution < -0.4 is 0 Å². The zero-order valence-electron chi connectivity index (χ0n) is 7.64. The van der Waals surface area contributed by atoms with Gasteiger partial charge in [0.05, 0.1) is 0 Å². The minimum Gasteiger partial charge on any atom is -0.103 e. The summed E-state index contributed by atoms with van der Waals surface area (Å²) in [5, 5.41) is 0. The molecule has 62 valence electrons. The molecule has 0 amide bonds. The third-order valence-electron chi connectivity index (χ3n) is 1.53. The molecule has 0 aromatic rings. The molecule has 0 heterocycles. The summed E-state index contributed by atoms with van der Waals surface area (Å²) in [6.45, 7) is 7.90. The predicted molar refractivity (Wildman–Crippen MR) is 52.6 cm³/mol. The van der Waals surface area contributed by atoms with E-state index in [9.17, 15) is 0 Å². The summed E-state index contributed by atoms with van der Waals surface area (Å²) >= 11 is 0. The normalized spacial score (nSPS) is 12.4. The van der Waals surface area contributed by atoms with Crippen LogP contribution in [0.15, 0.2) is 36.5 Å². The smallest absolute Gasteiger partial charge is 0.0144 e. The second-order valence-electron chi connectivity index (χ2n) is 2.69. The summed E-state index contributed by atoms with van der Waals surface area (Å²) in [5.41, 5.74) is 1.42. The summed E-state index contributed by atoms with van der Waals surface area (Å²) < 4.78 is 0. The highest BCUT2D eigenvalue weighted by Crippen LogP contribution is 2.03. The second-order valence-corrected chi connectivity index (χ2v) is 2.69. The largest absolute Gasteiger partial charge is 0.103 e. The first-order valence-corrected chi connectivity index (χ1v) is 4.19. The predicted octanol–water partition coefficient (Wildman–Crippen LogP) is 3.87. The minimum atomic E-state index is 1.02. The van der Waals surface area contributed by atoms with Gasteiger partial charge >= 0.3 is 0 Å². The zero-order valence-corrected chi connectivity index (χ0v) is 7.64. The molecule has 0 aromatic carbocycles. The van der Waals surface area contributed by atoms with Crippen LogP contribution in [-0.2, 0) is 0 Å². The number of hydrogen-bond acceptors (Lipinski definition) is 0. The lowest BCUT2D eigenvalue weighted by atomic mass is 10.1. The summed E-state index contributed by atoms with van der Waals surface area (Å²) in [6, 6.07) is 0. The van der Waals surface area contributed by atoms with Crippen LogP contribution in [0.1, 0.15) is 33.1 Å². The van der Waals surface area contributed by atoms with Gasteiger partial charge in [-0.1, -0.05) is 29.9 Å². The fraction of sp³-hybridized carbons (Fsp3) is 0.455. The van der Waals surface area contributed by atoms with Gasteiger partial charge in [0.2, 0.25) is 0 Å². The SMILES string of the molecule is C=CCC(C)=CCCC=CC. The Balaban J connectivity index is 3.47. The maximum absolute atomic E-state index is 3.69. The van der Waals surface area contributed by atoms with Gasteiger partial charge < -0.3 is 0 Å². The van der Waals surface area contributed by atoms with Gasteiger partial charge in [0.1, 0.15) is 0 Å². The van der Waals surface area contributed by atoms with E-state index in [1.807, 2.05) is 6.08 Å². The van der Waals surface area contributed by atoms with Gasteiger partial charge in [-0.05, 0) is 33.1 Å². The fourth-order valence-corrected chi connectivity index (χ4v) is 0.904. The lowest BCUT2D eigenvalue weighted by Gasteiger charge is -1.93. The van der Waals surface area contributed by atoms with E-state index in [4.69, 9.17) is 0 Å². The topological polar surface area (TPSA) is 0 Å². The third-order valence-corrected chi connectivity index (χ3v) is 1.53. The van der Waals surface area contributed by atoms with Gasteiger partial charge in [-0.2, -0.15) is 0 Å². The van der Waals surface area contributed by atoms with Crippen molar-refractivity contribution >= 4 is 0 Å².